The predicted molar refractivity (Wildman–Crippen MR) is 93.6 cm³/mol. The highest BCUT2D eigenvalue weighted by Crippen LogP contribution is 2.31. The summed E-state index contributed by atoms with van der Waals surface area (Å²) in [6, 6.07) is 5.43. The Kier molecular flexibility index (Phi) is 4.92. The summed E-state index contributed by atoms with van der Waals surface area (Å²) in [4.78, 5) is 18.7. The average molecular weight is 383 g/mol. The standard InChI is InChI=1S/C19H24F3N3O2/c20-19(21,22)14-4-6-16(7-5-14)27-17-12-25(13-17)18(26)24-10-8-23(9-11-24)15-2-1-3-15/h4-7,15,17H,1-3,8-13H2. The van der Waals surface area contributed by atoms with Crippen molar-refractivity contribution in [2.75, 3.05) is 39.3 Å². The molecule has 1 aliphatic carbocycles. The lowest BCUT2D eigenvalue weighted by molar-refractivity contribution is -0.137. The van der Waals surface area contributed by atoms with Crippen LogP contribution in [0.3, 0.4) is 0 Å². The summed E-state index contributed by atoms with van der Waals surface area (Å²) >= 11 is 0. The molecule has 0 aromatic heterocycles. The Hall–Kier alpha value is -1.96. The Bertz CT molecular complexity index is 662. The maximum absolute atomic E-state index is 12.6. The molecule has 0 atom stereocenters. The molecule has 2 amide bonds. The monoisotopic (exact) mass is 383 g/mol. The maximum Gasteiger partial charge on any atom is 0.416 e. The van der Waals surface area contributed by atoms with Gasteiger partial charge in [0, 0.05) is 32.2 Å². The SMILES string of the molecule is O=C(N1CCN(C2CCC2)CC1)N1CC(Oc2ccc(C(F)(F)F)cc2)C1. The van der Waals surface area contributed by atoms with Gasteiger partial charge in [0.15, 0.2) is 0 Å². The van der Waals surface area contributed by atoms with E-state index >= 15 is 0 Å². The molecule has 0 spiro atoms. The van der Waals surface area contributed by atoms with Crippen molar-refractivity contribution in [1.82, 2.24) is 14.7 Å². The number of hydrogen-bond donors (Lipinski definition) is 0. The zero-order valence-electron chi connectivity index (χ0n) is 15.1. The Labute approximate surface area is 156 Å². The quantitative estimate of drug-likeness (QED) is 0.805. The number of urea groups is 1. The van der Waals surface area contributed by atoms with Crippen molar-refractivity contribution < 1.29 is 22.7 Å². The minimum atomic E-state index is -4.35. The number of alkyl halides is 3. The molecular formula is C19H24F3N3O2. The van der Waals surface area contributed by atoms with E-state index in [0.29, 0.717) is 24.9 Å². The van der Waals surface area contributed by atoms with E-state index in [9.17, 15) is 18.0 Å². The van der Waals surface area contributed by atoms with Crippen molar-refractivity contribution >= 4 is 6.03 Å². The van der Waals surface area contributed by atoms with E-state index in [1.54, 1.807) is 4.90 Å². The second-order valence-electron chi connectivity index (χ2n) is 7.56. The first-order valence-corrected chi connectivity index (χ1v) is 9.52. The fraction of sp³-hybridized carbons (Fsp3) is 0.632. The molecule has 1 saturated carbocycles. The fourth-order valence-corrected chi connectivity index (χ4v) is 3.81. The molecular weight excluding hydrogens is 359 g/mol. The van der Waals surface area contributed by atoms with Gasteiger partial charge in [-0.3, -0.25) is 4.90 Å². The van der Waals surface area contributed by atoms with Gasteiger partial charge in [-0.2, -0.15) is 13.2 Å². The molecule has 2 saturated heterocycles. The number of benzene rings is 1. The molecule has 27 heavy (non-hydrogen) atoms. The number of carbonyl (C=O) groups excluding carboxylic acids is 1. The number of halogens is 3. The number of carbonyl (C=O) groups is 1. The maximum atomic E-state index is 12.6. The van der Waals surface area contributed by atoms with Crippen LogP contribution in [0.25, 0.3) is 0 Å². The summed E-state index contributed by atoms with van der Waals surface area (Å²) < 4.78 is 43.4. The largest absolute Gasteiger partial charge is 0.487 e. The van der Waals surface area contributed by atoms with Crippen molar-refractivity contribution in [3.8, 4) is 5.75 Å². The Morgan fingerprint density at radius 1 is 0.963 bits per heavy atom. The topological polar surface area (TPSA) is 36.0 Å². The van der Waals surface area contributed by atoms with E-state index in [4.69, 9.17) is 4.74 Å². The number of likely N-dealkylation sites (tertiary alicyclic amines) is 1. The van der Waals surface area contributed by atoms with E-state index in [1.165, 1.54) is 31.4 Å². The van der Waals surface area contributed by atoms with E-state index in [0.717, 1.165) is 38.3 Å². The van der Waals surface area contributed by atoms with E-state index in [1.807, 2.05) is 4.90 Å². The van der Waals surface area contributed by atoms with Gasteiger partial charge in [0.1, 0.15) is 11.9 Å². The summed E-state index contributed by atoms with van der Waals surface area (Å²) in [6.45, 7) is 4.35. The molecule has 2 heterocycles. The molecule has 2 aliphatic heterocycles. The van der Waals surface area contributed by atoms with Crippen LogP contribution < -0.4 is 4.74 Å². The van der Waals surface area contributed by atoms with E-state index in [2.05, 4.69) is 4.90 Å². The lowest BCUT2D eigenvalue weighted by Crippen LogP contribution is -2.62. The van der Waals surface area contributed by atoms with E-state index < -0.39 is 11.7 Å². The van der Waals surface area contributed by atoms with Crippen LogP contribution in [0.2, 0.25) is 0 Å². The van der Waals surface area contributed by atoms with Crippen LogP contribution in [0, 0.1) is 0 Å². The van der Waals surface area contributed by atoms with Crippen molar-refractivity contribution in [2.24, 2.45) is 0 Å². The van der Waals surface area contributed by atoms with Gasteiger partial charge in [-0.1, -0.05) is 6.42 Å². The normalized spacial score (nSPS) is 22.3. The number of hydrogen-bond acceptors (Lipinski definition) is 3. The summed E-state index contributed by atoms with van der Waals surface area (Å²) in [5, 5.41) is 0. The first kappa shape index (κ1) is 18.4. The molecule has 0 radical (unpaired) electrons. The number of ether oxygens (including phenoxy) is 1. The van der Waals surface area contributed by atoms with Crippen LogP contribution in [0.4, 0.5) is 18.0 Å². The van der Waals surface area contributed by atoms with Gasteiger partial charge in [-0.25, -0.2) is 4.79 Å². The molecule has 0 N–H and O–H groups in total. The predicted octanol–water partition coefficient (Wildman–Crippen LogP) is 3.06. The van der Waals surface area contributed by atoms with Gasteiger partial charge in [0.05, 0.1) is 18.7 Å². The summed E-state index contributed by atoms with van der Waals surface area (Å²) in [6.07, 6.45) is -0.632. The van der Waals surface area contributed by atoms with Gasteiger partial charge in [0.25, 0.3) is 0 Å². The molecule has 4 rings (SSSR count). The zero-order chi connectivity index (χ0) is 19.0. The van der Waals surface area contributed by atoms with Gasteiger partial charge >= 0.3 is 12.2 Å². The average Bonchev–Trinajstić information content (AvgIpc) is 2.56. The summed E-state index contributed by atoms with van der Waals surface area (Å²) in [7, 11) is 0. The second kappa shape index (κ2) is 7.22. The van der Waals surface area contributed by atoms with Crippen LogP contribution in [0.1, 0.15) is 24.8 Å². The Morgan fingerprint density at radius 2 is 1.59 bits per heavy atom. The minimum absolute atomic E-state index is 0.0375. The molecule has 0 bridgehead atoms. The molecule has 1 aromatic carbocycles. The smallest absolute Gasteiger partial charge is 0.416 e. The molecule has 5 nitrogen and oxygen atoms in total. The zero-order valence-corrected chi connectivity index (χ0v) is 15.1. The highest BCUT2D eigenvalue weighted by atomic mass is 19.4. The highest BCUT2D eigenvalue weighted by molar-refractivity contribution is 5.75. The Balaban J connectivity index is 1.21. The van der Waals surface area contributed by atoms with Crippen LogP contribution in [-0.2, 0) is 6.18 Å². The van der Waals surface area contributed by atoms with Crippen LogP contribution in [-0.4, -0.2) is 72.1 Å². The lowest BCUT2D eigenvalue weighted by atomic mass is 9.91. The molecule has 148 valence electrons. The van der Waals surface area contributed by atoms with E-state index in [-0.39, 0.29) is 12.1 Å². The number of rotatable bonds is 3. The van der Waals surface area contributed by atoms with Crippen molar-refractivity contribution in [3.63, 3.8) is 0 Å². The second-order valence-corrected chi connectivity index (χ2v) is 7.56. The molecule has 8 heteroatoms. The summed E-state index contributed by atoms with van der Waals surface area (Å²) in [5.41, 5.74) is -0.693. The van der Waals surface area contributed by atoms with Gasteiger partial charge in [0.2, 0.25) is 0 Å². The lowest BCUT2D eigenvalue weighted by Gasteiger charge is -2.46. The van der Waals surface area contributed by atoms with Gasteiger partial charge in [-0.05, 0) is 37.1 Å². The molecule has 0 unspecified atom stereocenters. The first-order chi connectivity index (χ1) is 12.9. The molecule has 3 aliphatic rings. The van der Waals surface area contributed by atoms with Crippen LogP contribution in [0.15, 0.2) is 24.3 Å². The third-order valence-corrected chi connectivity index (χ3v) is 5.78. The number of piperazine rings is 1. The number of amides is 2. The van der Waals surface area contributed by atoms with Crippen LogP contribution in [0.5, 0.6) is 5.75 Å². The highest BCUT2D eigenvalue weighted by Gasteiger charge is 2.37. The fourth-order valence-electron chi connectivity index (χ4n) is 3.81. The minimum Gasteiger partial charge on any atom is -0.487 e. The third-order valence-electron chi connectivity index (χ3n) is 5.78. The molecule has 3 fully saturated rings. The van der Waals surface area contributed by atoms with Gasteiger partial charge in [-0.15, -0.1) is 0 Å². The first-order valence-electron chi connectivity index (χ1n) is 9.52. The van der Waals surface area contributed by atoms with Gasteiger partial charge < -0.3 is 14.5 Å². The number of nitrogens with zero attached hydrogens (tertiary/aromatic N) is 3. The van der Waals surface area contributed by atoms with Crippen LogP contribution >= 0.6 is 0 Å². The third kappa shape index (κ3) is 4.00. The Morgan fingerprint density at radius 3 is 2.11 bits per heavy atom. The van der Waals surface area contributed by atoms with Crippen molar-refractivity contribution in [1.29, 1.82) is 0 Å². The summed E-state index contributed by atoms with van der Waals surface area (Å²) in [5.74, 6) is 0.397. The van der Waals surface area contributed by atoms with Crippen molar-refractivity contribution in [3.05, 3.63) is 29.8 Å². The van der Waals surface area contributed by atoms with Crippen molar-refractivity contribution in [2.45, 2.75) is 37.6 Å². The molecule has 1 aromatic rings.